The number of halogens is 1. The maximum atomic E-state index is 6.01. The molecule has 0 fully saturated rings. The summed E-state index contributed by atoms with van der Waals surface area (Å²) in [6.45, 7) is 3.89. The van der Waals surface area contributed by atoms with E-state index in [-0.39, 0.29) is 5.38 Å². The zero-order valence-corrected chi connectivity index (χ0v) is 8.59. The van der Waals surface area contributed by atoms with Gasteiger partial charge < -0.3 is 5.32 Å². The first kappa shape index (κ1) is 9.35. The van der Waals surface area contributed by atoms with Gasteiger partial charge in [0.05, 0.1) is 5.38 Å². The van der Waals surface area contributed by atoms with Crippen LogP contribution in [0.15, 0.2) is 48.7 Å². The highest BCUT2D eigenvalue weighted by atomic mass is 35.5. The SMILES string of the molecule is C=C1NC(c2ccccc2)=CCC1Cl. The molecule has 1 heterocycles. The predicted molar refractivity (Wildman–Crippen MR) is 61.0 cm³/mol. The monoisotopic (exact) mass is 205 g/mol. The highest BCUT2D eigenvalue weighted by Crippen LogP contribution is 2.23. The van der Waals surface area contributed by atoms with E-state index in [4.69, 9.17) is 11.6 Å². The first-order valence-corrected chi connectivity index (χ1v) is 5.06. The second-order valence-corrected chi connectivity index (χ2v) is 3.86. The minimum Gasteiger partial charge on any atom is -0.358 e. The van der Waals surface area contributed by atoms with Crippen molar-refractivity contribution in [3.8, 4) is 0 Å². The molecule has 0 amide bonds. The summed E-state index contributed by atoms with van der Waals surface area (Å²) in [6.07, 6.45) is 2.96. The van der Waals surface area contributed by atoms with Gasteiger partial charge in [0, 0.05) is 11.4 Å². The van der Waals surface area contributed by atoms with E-state index in [1.54, 1.807) is 0 Å². The fraction of sp³-hybridized carbons (Fsp3) is 0.167. The summed E-state index contributed by atoms with van der Waals surface area (Å²) in [6, 6.07) is 10.2. The van der Waals surface area contributed by atoms with E-state index in [1.165, 1.54) is 5.56 Å². The van der Waals surface area contributed by atoms with Crippen molar-refractivity contribution in [2.45, 2.75) is 11.8 Å². The van der Waals surface area contributed by atoms with Crippen molar-refractivity contribution in [2.24, 2.45) is 0 Å². The zero-order valence-electron chi connectivity index (χ0n) is 7.83. The first-order valence-electron chi connectivity index (χ1n) is 4.63. The van der Waals surface area contributed by atoms with Crippen LogP contribution in [0.25, 0.3) is 5.70 Å². The molecule has 0 saturated carbocycles. The Labute approximate surface area is 89.1 Å². The Morgan fingerprint density at radius 1 is 1.29 bits per heavy atom. The van der Waals surface area contributed by atoms with Gasteiger partial charge in [0.15, 0.2) is 0 Å². The molecule has 0 aliphatic carbocycles. The van der Waals surface area contributed by atoms with E-state index in [0.717, 1.165) is 17.8 Å². The lowest BCUT2D eigenvalue weighted by atomic mass is 10.1. The lowest BCUT2D eigenvalue weighted by Gasteiger charge is -2.22. The normalized spacial score (nSPS) is 21.4. The lowest BCUT2D eigenvalue weighted by molar-refractivity contribution is 0.868. The molecule has 0 bridgehead atoms. The van der Waals surface area contributed by atoms with Crippen LogP contribution in [0.5, 0.6) is 0 Å². The van der Waals surface area contributed by atoms with Gasteiger partial charge in [0.1, 0.15) is 0 Å². The van der Waals surface area contributed by atoms with E-state index in [1.807, 2.05) is 18.2 Å². The third kappa shape index (κ3) is 1.83. The molecule has 0 aromatic heterocycles. The molecule has 1 nitrogen and oxygen atoms in total. The van der Waals surface area contributed by atoms with Crippen molar-refractivity contribution in [3.63, 3.8) is 0 Å². The first-order chi connectivity index (χ1) is 6.77. The summed E-state index contributed by atoms with van der Waals surface area (Å²) in [4.78, 5) is 0. The van der Waals surface area contributed by atoms with Gasteiger partial charge in [-0.25, -0.2) is 0 Å². The summed E-state index contributed by atoms with van der Waals surface area (Å²) < 4.78 is 0. The third-order valence-corrected chi connectivity index (χ3v) is 2.73. The molecule has 1 unspecified atom stereocenters. The molecule has 2 rings (SSSR count). The molecule has 1 atom stereocenters. The van der Waals surface area contributed by atoms with Crippen LogP contribution < -0.4 is 5.32 Å². The second kappa shape index (κ2) is 3.89. The highest BCUT2D eigenvalue weighted by Gasteiger charge is 2.15. The number of allylic oxidation sites excluding steroid dienone is 2. The second-order valence-electron chi connectivity index (χ2n) is 3.34. The highest BCUT2D eigenvalue weighted by molar-refractivity contribution is 6.22. The number of hydrogen-bond donors (Lipinski definition) is 1. The molecule has 1 N–H and O–H groups in total. The molecule has 0 spiro atoms. The Morgan fingerprint density at radius 3 is 2.64 bits per heavy atom. The quantitative estimate of drug-likeness (QED) is 0.695. The van der Waals surface area contributed by atoms with Crippen LogP contribution in [0.2, 0.25) is 0 Å². The van der Waals surface area contributed by atoms with Crippen molar-refractivity contribution in [2.75, 3.05) is 0 Å². The van der Waals surface area contributed by atoms with Crippen molar-refractivity contribution in [3.05, 3.63) is 54.2 Å². The van der Waals surface area contributed by atoms with Crippen molar-refractivity contribution >= 4 is 17.3 Å². The number of nitrogens with one attached hydrogen (secondary N) is 1. The van der Waals surface area contributed by atoms with Crippen LogP contribution in [0.3, 0.4) is 0 Å². The minimum absolute atomic E-state index is 0.0162. The summed E-state index contributed by atoms with van der Waals surface area (Å²) >= 11 is 6.01. The summed E-state index contributed by atoms with van der Waals surface area (Å²) in [5, 5.41) is 3.23. The smallest absolute Gasteiger partial charge is 0.0764 e. The Morgan fingerprint density at radius 2 is 2.00 bits per heavy atom. The topological polar surface area (TPSA) is 12.0 Å². The van der Waals surface area contributed by atoms with Crippen LogP contribution in [0.1, 0.15) is 12.0 Å². The summed E-state index contributed by atoms with van der Waals surface area (Å²) in [5.41, 5.74) is 3.16. The van der Waals surface area contributed by atoms with Gasteiger partial charge in [-0.3, -0.25) is 0 Å². The van der Waals surface area contributed by atoms with Crippen LogP contribution in [0, 0.1) is 0 Å². The van der Waals surface area contributed by atoms with Gasteiger partial charge in [-0.2, -0.15) is 0 Å². The Kier molecular flexibility index (Phi) is 2.60. The molecule has 2 heteroatoms. The van der Waals surface area contributed by atoms with E-state index in [2.05, 4.69) is 30.1 Å². The molecular weight excluding hydrogens is 194 g/mol. The molecule has 0 radical (unpaired) electrons. The Bertz CT molecular complexity index is 367. The van der Waals surface area contributed by atoms with Crippen molar-refractivity contribution in [1.82, 2.24) is 5.32 Å². The third-order valence-electron chi connectivity index (χ3n) is 2.29. The van der Waals surface area contributed by atoms with E-state index < -0.39 is 0 Å². The van der Waals surface area contributed by atoms with Crippen molar-refractivity contribution < 1.29 is 0 Å². The average Bonchev–Trinajstić information content (AvgIpc) is 2.23. The number of hydrogen-bond acceptors (Lipinski definition) is 1. The van der Waals surface area contributed by atoms with Gasteiger partial charge in [-0.1, -0.05) is 43.0 Å². The fourth-order valence-corrected chi connectivity index (χ4v) is 1.62. The maximum absolute atomic E-state index is 6.01. The fourth-order valence-electron chi connectivity index (χ4n) is 1.47. The molecule has 72 valence electrons. The molecule has 1 aliphatic rings. The Balaban J connectivity index is 2.25. The van der Waals surface area contributed by atoms with Crippen LogP contribution in [-0.4, -0.2) is 5.38 Å². The molecule has 1 aromatic carbocycles. The molecule has 14 heavy (non-hydrogen) atoms. The molecular formula is C12H12ClN. The standard InChI is InChI=1S/C12H12ClN/c1-9-11(13)7-8-12(14-9)10-5-3-2-4-6-10/h2-6,8,11,14H,1,7H2. The van der Waals surface area contributed by atoms with Gasteiger partial charge in [-0.05, 0) is 12.0 Å². The largest absolute Gasteiger partial charge is 0.358 e. The van der Waals surface area contributed by atoms with E-state index in [0.29, 0.717) is 0 Å². The van der Waals surface area contributed by atoms with E-state index in [9.17, 15) is 0 Å². The van der Waals surface area contributed by atoms with Crippen LogP contribution in [0.4, 0.5) is 0 Å². The maximum Gasteiger partial charge on any atom is 0.0764 e. The lowest BCUT2D eigenvalue weighted by Crippen LogP contribution is -2.22. The van der Waals surface area contributed by atoms with Crippen LogP contribution >= 0.6 is 11.6 Å². The van der Waals surface area contributed by atoms with Gasteiger partial charge >= 0.3 is 0 Å². The average molecular weight is 206 g/mol. The van der Waals surface area contributed by atoms with Crippen molar-refractivity contribution in [1.29, 1.82) is 0 Å². The molecule has 1 aromatic rings. The summed E-state index contributed by atoms with van der Waals surface area (Å²) in [7, 11) is 0. The van der Waals surface area contributed by atoms with Gasteiger partial charge in [-0.15, -0.1) is 11.6 Å². The Hall–Kier alpha value is -1.21. The molecule has 0 saturated heterocycles. The van der Waals surface area contributed by atoms with Gasteiger partial charge in [0.2, 0.25) is 0 Å². The number of alkyl halides is 1. The minimum atomic E-state index is 0.0162. The number of rotatable bonds is 1. The number of benzene rings is 1. The van der Waals surface area contributed by atoms with Crippen LogP contribution in [-0.2, 0) is 0 Å². The van der Waals surface area contributed by atoms with E-state index >= 15 is 0 Å². The molecule has 1 aliphatic heterocycles. The summed E-state index contributed by atoms with van der Waals surface area (Å²) in [5.74, 6) is 0. The van der Waals surface area contributed by atoms with Gasteiger partial charge in [0.25, 0.3) is 0 Å². The zero-order chi connectivity index (χ0) is 9.97. The predicted octanol–water partition coefficient (Wildman–Crippen LogP) is 3.14.